The Morgan fingerprint density at radius 2 is 1.55 bits per heavy atom. The van der Waals surface area contributed by atoms with Gasteiger partial charge >= 0.3 is 5.97 Å². The maximum absolute atomic E-state index is 10.1. The predicted octanol–water partition coefficient (Wildman–Crippen LogP) is -3.70. The number of aliphatic carboxylic acids is 1. The van der Waals surface area contributed by atoms with Crippen molar-refractivity contribution in [3.63, 3.8) is 0 Å². The van der Waals surface area contributed by atoms with Gasteiger partial charge in [0.25, 0.3) is 0 Å². The lowest BCUT2D eigenvalue weighted by atomic mass is 9.97. The van der Waals surface area contributed by atoms with Crippen LogP contribution in [0.2, 0.25) is 0 Å². The summed E-state index contributed by atoms with van der Waals surface area (Å²) in [5.41, 5.74) is 11.6. The van der Waals surface area contributed by atoms with E-state index in [4.69, 9.17) is 35.9 Å². The molecule has 2 aliphatic heterocycles. The molecule has 16 heteroatoms. The van der Waals surface area contributed by atoms with Gasteiger partial charge in [-0.2, -0.15) is 0 Å². The smallest absolute Gasteiger partial charge is 0.320 e. The van der Waals surface area contributed by atoms with Crippen LogP contribution in [0, 0.1) is 0 Å². The number of carboxylic acid groups (broad SMARTS) is 1. The van der Waals surface area contributed by atoms with Crippen LogP contribution in [-0.2, 0) is 19.0 Å². The maximum Gasteiger partial charge on any atom is 0.320 e. The van der Waals surface area contributed by atoms with Crippen LogP contribution in [-0.4, -0.2) is 144 Å². The third-order valence-electron chi connectivity index (χ3n) is 6.73. The second kappa shape index (κ2) is 17.7. The number of benzene rings is 1. The number of para-hydroxylation sites is 1. The molecule has 16 nitrogen and oxygen atoms in total. The average Bonchev–Trinajstić information content (AvgIpc) is 3.47. The van der Waals surface area contributed by atoms with Crippen molar-refractivity contribution in [3.05, 3.63) is 36.5 Å². The van der Waals surface area contributed by atoms with Crippen LogP contribution >= 0.6 is 0 Å². The second-order valence-corrected chi connectivity index (χ2v) is 9.82. The number of rotatable bonds is 9. The zero-order valence-electron chi connectivity index (χ0n) is 22.9. The van der Waals surface area contributed by atoms with E-state index in [9.17, 15) is 40.5 Å². The number of unbranched alkanes of at least 4 members (excludes halogenated alkanes) is 1. The number of ether oxygens (including phenoxy) is 3. The van der Waals surface area contributed by atoms with Crippen molar-refractivity contribution in [2.75, 3.05) is 19.8 Å². The van der Waals surface area contributed by atoms with E-state index in [1.54, 1.807) is 0 Å². The highest BCUT2D eigenvalue weighted by atomic mass is 16.7. The van der Waals surface area contributed by atoms with Gasteiger partial charge in [-0.15, -0.1) is 0 Å². The Bertz CT molecular complexity index is 1010. The fraction of sp³-hybridized carbons (Fsp3) is 0.654. The van der Waals surface area contributed by atoms with Crippen molar-refractivity contribution in [1.29, 1.82) is 0 Å². The first-order valence-electron chi connectivity index (χ1n) is 13.4. The highest BCUT2D eigenvalue weighted by Gasteiger charge is 2.50. The first kappa shape index (κ1) is 35.9. The number of hydrogen-bond acceptors (Lipinski definition) is 14. The Morgan fingerprint density at radius 3 is 2.14 bits per heavy atom. The normalized spacial score (nSPS) is 33.6. The lowest BCUT2D eigenvalue weighted by molar-refractivity contribution is -0.355. The Kier molecular flexibility index (Phi) is 15.2. The van der Waals surface area contributed by atoms with Crippen molar-refractivity contribution in [1.82, 2.24) is 4.98 Å². The van der Waals surface area contributed by atoms with E-state index in [0.29, 0.717) is 13.0 Å². The van der Waals surface area contributed by atoms with E-state index in [0.717, 1.165) is 12.8 Å². The molecule has 4 rings (SSSR count). The van der Waals surface area contributed by atoms with Crippen LogP contribution in [0.15, 0.2) is 36.5 Å². The summed E-state index contributed by atoms with van der Waals surface area (Å²) in [6.07, 6.45) is -11.5. The molecule has 0 spiro atoms. The molecule has 14 N–H and O–H groups in total. The first-order valence-corrected chi connectivity index (χ1v) is 13.4. The van der Waals surface area contributed by atoms with Gasteiger partial charge in [0, 0.05) is 11.7 Å². The first-order chi connectivity index (χ1) is 20.0. The number of aliphatic hydroxyl groups excluding tert-OH is 8. The number of nitrogens with two attached hydrogens (primary N) is 2. The number of nitrogens with one attached hydrogen (secondary N) is 1. The van der Waals surface area contributed by atoms with E-state index in [2.05, 4.69) is 23.2 Å². The van der Waals surface area contributed by atoms with Gasteiger partial charge < -0.3 is 76.6 Å². The third-order valence-corrected chi connectivity index (χ3v) is 6.73. The summed E-state index contributed by atoms with van der Waals surface area (Å²) in [6.45, 7) is -0.742. The Labute approximate surface area is 241 Å². The monoisotopic (exact) mass is 605 g/mol. The number of H-pyrrole nitrogens is 1. The number of carboxylic acids is 1. The molecule has 0 radical (unpaired) electrons. The molecule has 2 aromatic rings. The van der Waals surface area contributed by atoms with E-state index >= 15 is 0 Å². The number of aromatic nitrogens is 1. The number of fused-ring (bicyclic) bond motifs is 1. The quantitative estimate of drug-likeness (QED) is 0.122. The van der Waals surface area contributed by atoms with E-state index in [-0.39, 0.29) is 0 Å². The minimum atomic E-state index is -1.74. The summed E-state index contributed by atoms with van der Waals surface area (Å²) in [6, 6.07) is 9.57. The van der Waals surface area contributed by atoms with Crippen LogP contribution in [0.5, 0.6) is 0 Å². The van der Waals surface area contributed by atoms with Gasteiger partial charge in [0.05, 0.1) is 13.2 Å². The molecule has 2 saturated heterocycles. The molecule has 2 fully saturated rings. The van der Waals surface area contributed by atoms with E-state index in [1.165, 1.54) is 10.9 Å². The van der Waals surface area contributed by atoms with E-state index in [1.807, 2.05) is 18.3 Å². The van der Waals surface area contributed by atoms with Gasteiger partial charge in [0.2, 0.25) is 0 Å². The molecule has 0 bridgehead atoms. The molecule has 1 aromatic heterocycles. The number of aliphatic hydroxyl groups is 8. The maximum atomic E-state index is 10.1. The molecular formula is C26H43N3O13. The molecule has 240 valence electrons. The lowest BCUT2D eigenvalue weighted by Gasteiger charge is -2.45. The van der Waals surface area contributed by atoms with Crippen LogP contribution in [0.25, 0.3) is 10.9 Å². The Hall–Kier alpha value is -2.29. The van der Waals surface area contributed by atoms with Gasteiger partial charge in [-0.05, 0) is 36.9 Å². The second-order valence-electron chi connectivity index (χ2n) is 9.82. The fourth-order valence-electron chi connectivity index (χ4n) is 4.20. The Balaban J connectivity index is 0.000000265. The van der Waals surface area contributed by atoms with Gasteiger partial charge in [-0.3, -0.25) is 4.79 Å². The minimum absolute atomic E-state index is 0.520. The van der Waals surface area contributed by atoms with Crippen molar-refractivity contribution < 1.29 is 65.0 Å². The minimum Gasteiger partial charge on any atom is -0.480 e. The summed E-state index contributed by atoms with van der Waals surface area (Å²) in [7, 11) is 0. The fourth-order valence-corrected chi connectivity index (χ4v) is 4.20. The zero-order valence-corrected chi connectivity index (χ0v) is 22.9. The average molecular weight is 606 g/mol. The molecule has 0 amide bonds. The third kappa shape index (κ3) is 9.88. The molecule has 0 aliphatic carbocycles. The van der Waals surface area contributed by atoms with Crippen LogP contribution in [0.1, 0.15) is 19.3 Å². The van der Waals surface area contributed by atoms with Crippen molar-refractivity contribution in [2.45, 2.75) is 86.7 Å². The number of hydrogen-bond donors (Lipinski definition) is 12. The predicted molar refractivity (Wildman–Crippen MR) is 145 cm³/mol. The summed E-state index contributed by atoms with van der Waals surface area (Å²) >= 11 is 0. The summed E-state index contributed by atoms with van der Waals surface area (Å²) in [4.78, 5) is 13.3. The summed E-state index contributed by atoms with van der Waals surface area (Å²) in [5, 5.41) is 86.1. The standard InChI is InChI=1S/C12H22O11.C8H7N.C6H14N2O2/c13-1-3-5(15)6(16)9(19)12(22-3)23-10-4(2-14)21-11(20)8(18)7(10)17;1-2-4-8-7(3-1)5-6-9-8;7-4-2-1-3-5(8)6(9)10/h3-20H,1-2H2;1-6,9H;5H,1-4,7-8H2,(H,9,10)/t3-,4-,5+,6+,7-,8-,9-,10-,11-,12+;;/m1../s1. The largest absolute Gasteiger partial charge is 0.480 e. The highest BCUT2D eigenvalue weighted by Crippen LogP contribution is 2.28. The highest BCUT2D eigenvalue weighted by molar-refractivity contribution is 5.78. The summed E-state index contributed by atoms with van der Waals surface area (Å²) in [5.74, 6) is -0.933. The topological polar surface area (TPSA) is 295 Å². The van der Waals surface area contributed by atoms with Gasteiger partial charge in [0.15, 0.2) is 12.6 Å². The van der Waals surface area contributed by atoms with Crippen molar-refractivity contribution in [3.8, 4) is 0 Å². The van der Waals surface area contributed by atoms with Crippen LogP contribution < -0.4 is 11.5 Å². The molecule has 1 unspecified atom stereocenters. The zero-order chi connectivity index (χ0) is 31.4. The van der Waals surface area contributed by atoms with Gasteiger partial charge in [-0.25, -0.2) is 0 Å². The molecule has 1 aromatic carbocycles. The van der Waals surface area contributed by atoms with E-state index < -0.39 is 86.6 Å². The molecule has 11 atom stereocenters. The molecule has 42 heavy (non-hydrogen) atoms. The molecule has 0 saturated carbocycles. The molecular weight excluding hydrogens is 562 g/mol. The molecule has 3 heterocycles. The lowest BCUT2D eigenvalue weighted by Crippen LogP contribution is -2.64. The number of aromatic amines is 1. The van der Waals surface area contributed by atoms with Gasteiger partial charge in [0.1, 0.15) is 54.9 Å². The van der Waals surface area contributed by atoms with Crippen molar-refractivity contribution in [2.24, 2.45) is 11.5 Å². The van der Waals surface area contributed by atoms with Crippen LogP contribution in [0.3, 0.4) is 0 Å². The van der Waals surface area contributed by atoms with Crippen molar-refractivity contribution >= 4 is 16.9 Å². The van der Waals surface area contributed by atoms with Gasteiger partial charge in [-0.1, -0.05) is 24.6 Å². The SMILES string of the molecule is NCCCCC(N)C(=O)O.OC[C@H]1O[C@@H](O[C@H]2[C@H](O)[C@@H](O)[C@H](O)O[C@@H]2CO)[C@H](O)[C@@H](O)[C@H]1O.c1ccc2[nH]ccc2c1. The molecule has 2 aliphatic rings. The summed E-state index contributed by atoms with van der Waals surface area (Å²) < 4.78 is 15.3. The van der Waals surface area contributed by atoms with Crippen LogP contribution in [0.4, 0.5) is 0 Å². The number of carbonyl (C=O) groups is 1. The Morgan fingerprint density at radius 1 is 0.881 bits per heavy atom.